The van der Waals surface area contributed by atoms with Gasteiger partial charge >= 0.3 is 5.97 Å². The third-order valence-electron chi connectivity index (χ3n) is 6.89. The summed E-state index contributed by atoms with van der Waals surface area (Å²) in [7, 11) is 0. The molecule has 200 valence electrons. The van der Waals surface area contributed by atoms with Gasteiger partial charge in [-0.2, -0.15) is 11.8 Å². The highest BCUT2D eigenvalue weighted by molar-refractivity contribution is 7.98. The van der Waals surface area contributed by atoms with Crippen LogP contribution in [0.25, 0.3) is 11.1 Å². The van der Waals surface area contributed by atoms with Gasteiger partial charge in [-0.05, 0) is 78.9 Å². The molecule has 2 unspecified atom stereocenters. The number of carbonyl (C=O) groups excluding carboxylic acids is 1. The van der Waals surface area contributed by atoms with Gasteiger partial charge in [0.05, 0.1) is 24.4 Å². The Morgan fingerprint density at radius 2 is 2.03 bits per heavy atom. The van der Waals surface area contributed by atoms with Crippen LogP contribution >= 0.6 is 11.8 Å². The Labute approximate surface area is 227 Å². The molecule has 1 aliphatic rings. The minimum atomic E-state index is -1.02. The third-order valence-corrected chi connectivity index (χ3v) is 7.53. The molecule has 0 saturated carbocycles. The number of hydrogen-bond acceptors (Lipinski definition) is 6. The maximum Gasteiger partial charge on any atom is 0.326 e. The van der Waals surface area contributed by atoms with Crippen LogP contribution in [0.5, 0.6) is 0 Å². The number of rotatable bonds is 13. The zero-order valence-electron chi connectivity index (χ0n) is 21.8. The average molecular weight is 534 g/mol. The maximum absolute atomic E-state index is 13.4. The van der Waals surface area contributed by atoms with E-state index < -0.39 is 12.0 Å². The summed E-state index contributed by atoms with van der Waals surface area (Å²) >= 11 is 1.56. The van der Waals surface area contributed by atoms with Crippen molar-refractivity contribution in [3.05, 3.63) is 77.4 Å². The quantitative estimate of drug-likeness (QED) is 0.263. The van der Waals surface area contributed by atoms with E-state index in [0.717, 1.165) is 53.8 Å². The van der Waals surface area contributed by atoms with E-state index in [1.54, 1.807) is 24.4 Å². The lowest BCUT2D eigenvalue weighted by molar-refractivity contribution is -0.139. The molecule has 4 N–H and O–H groups in total. The first kappa shape index (κ1) is 27.4. The minimum absolute atomic E-state index is 0.231. The number of amides is 1. The summed E-state index contributed by atoms with van der Waals surface area (Å²) in [4.78, 5) is 37.2. The molecule has 8 nitrogen and oxygen atoms in total. The van der Waals surface area contributed by atoms with Crippen LogP contribution in [-0.4, -0.2) is 63.9 Å². The van der Waals surface area contributed by atoms with Crippen molar-refractivity contribution >= 4 is 30.0 Å². The van der Waals surface area contributed by atoms with E-state index in [0.29, 0.717) is 23.7 Å². The second-order valence-corrected chi connectivity index (χ2v) is 10.7. The number of thioether (sulfide) groups is 1. The molecule has 0 radical (unpaired) electrons. The van der Waals surface area contributed by atoms with Crippen molar-refractivity contribution in [1.29, 1.82) is 0 Å². The van der Waals surface area contributed by atoms with Crippen molar-refractivity contribution in [2.24, 2.45) is 10.9 Å². The Kier molecular flexibility index (Phi) is 9.59. The molecular weight excluding hydrogens is 498 g/mol. The molecule has 1 aliphatic heterocycles. The minimum Gasteiger partial charge on any atom is -0.480 e. The van der Waals surface area contributed by atoms with Crippen LogP contribution in [0.3, 0.4) is 0 Å². The Hall–Kier alpha value is -3.59. The number of carboxylic acids is 1. The topological polar surface area (TPSA) is 119 Å². The molecule has 4 rings (SSSR count). The highest BCUT2D eigenvalue weighted by atomic mass is 32.2. The number of nitrogens with one attached hydrogen (secondary N) is 3. The normalized spacial score (nSPS) is 16.1. The molecule has 3 aromatic rings. The van der Waals surface area contributed by atoms with Crippen molar-refractivity contribution < 1.29 is 14.7 Å². The van der Waals surface area contributed by atoms with Crippen LogP contribution in [0.15, 0.2) is 60.0 Å². The van der Waals surface area contributed by atoms with Crippen LogP contribution in [0.1, 0.15) is 40.0 Å². The third kappa shape index (κ3) is 7.25. The molecule has 1 amide bonds. The summed E-state index contributed by atoms with van der Waals surface area (Å²) in [6.07, 6.45) is 10.3. The fraction of sp³-hybridized carbons (Fsp3) is 0.379. The largest absolute Gasteiger partial charge is 0.480 e. The van der Waals surface area contributed by atoms with Crippen molar-refractivity contribution in [2.75, 3.05) is 18.6 Å². The Morgan fingerprint density at radius 1 is 1.18 bits per heavy atom. The van der Waals surface area contributed by atoms with E-state index in [4.69, 9.17) is 0 Å². The summed E-state index contributed by atoms with van der Waals surface area (Å²) < 4.78 is 0. The molecule has 2 heterocycles. The molecule has 0 aliphatic carbocycles. The Morgan fingerprint density at radius 3 is 2.71 bits per heavy atom. The number of aliphatic carboxylic acids is 1. The molecule has 0 fully saturated rings. The molecule has 0 spiro atoms. The number of nitrogens with zero attached hydrogens (tertiary/aromatic N) is 2. The van der Waals surface area contributed by atoms with Gasteiger partial charge in [0.15, 0.2) is 0 Å². The monoisotopic (exact) mass is 533 g/mol. The van der Waals surface area contributed by atoms with Gasteiger partial charge < -0.3 is 20.7 Å². The second-order valence-electron chi connectivity index (χ2n) is 9.75. The van der Waals surface area contributed by atoms with E-state index in [1.807, 2.05) is 55.8 Å². The van der Waals surface area contributed by atoms with E-state index in [2.05, 4.69) is 31.7 Å². The standard InChI is InChI=1S/C29H35N5O3S/c1-19-5-3-4-6-24(19)26-14-20(7-8-25(26)28(35)34-27(29(36)37)9-10-38-2)11-21(12-22-15-30-17-32-22)13-23-16-31-18-33-23/h3-8,14-15,17-18,21,23,27H,9-13,16H2,1-2H3,(H,30,32)(H,31,33)(H,34,35)(H,36,37)/t21?,23?,27-/m0/s1. The van der Waals surface area contributed by atoms with Gasteiger partial charge in [0.2, 0.25) is 0 Å². The number of aromatic amines is 1. The molecule has 0 saturated heterocycles. The van der Waals surface area contributed by atoms with Crippen molar-refractivity contribution in [2.45, 2.75) is 44.7 Å². The molecule has 1 aromatic heterocycles. The average Bonchev–Trinajstić information content (AvgIpc) is 3.61. The summed E-state index contributed by atoms with van der Waals surface area (Å²) in [5.41, 5.74) is 5.44. The number of aromatic nitrogens is 2. The predicted molar refractivity (Wildman–Crippen MR) is 153 cm³/mol. The highest BCUT2D eigenvalue weighted by Crippen LogP contribution is 2.30. The zero-order valence-corrected chi connectivity index (χ0v) is 22.6. The number of carbonyl (C=O) groups is 2. The second kappa shape index (κ2) is 13.3. The zero-order chi connectivity index (χ0) is 26.9. The van der Waals surface area contributed by atoms with Gasteiger partial charge in [-0.25, -0.2) is 9.78 Å². The molecule has 38 heavy (non-hydrogen) atoms. The fourth-order valence-corrected chi connectivity index (χ4v) is 5.41. The number of benzene rings is 2. The first-order valence-corrected chi connectivity index (χ1v) is 14.3. The van der Waals surface area contributed by atoms with Crippen LogP contribution in [0.2, 0.25) is 0 Å². The number of aliphatic imine (C=N–C) groups is 1. The molecule has 0 bridgehead atoms. The lowest BCUT2D eigenvalue weighted by Crippen LogP contribution is -2.41. The van der Waals surface area contributed by atoms with Gasteiger partial charge in [0.1, 0.15) is 6.04 Å². The maximum atomic E-state index is 13.4. The molecular formula is C29H35N5O3S. The summed E-state index contributed by atoms with van der Waals surface area (Å²) in [5.74, 6) is -0.430. The van der Waals surface area contributed by atoms with Gasteiger partial charge in [-0.3, -0.25) is 9.79 Å². The Bertz CT molecular complexity index is 1260. The smallest absolute Gasteiger partial charge is 0.326 e. The number of hydrogen-bond donors (Lipinski definition) is 4. The van der Waals surface area contributed by atoms with E-state index in [1.165, 1.54) is 0 Å². The molecule has 2 aromatic carbocycles. The van der Waals surface area contributed by atoms with Gasteiger partial charge in [0, 0.05) is 18.3 Å². The summed E-state index contributed by atoms with van der Waals surface area (Å²) in [5, 5.41) is 15.6. The van der Waals surface area contributed by atoms with E-state index in [9.17, 15) is 14.7 Å². The van der Waals surface area contributed by atoms with Gasteiger partial charge in [0.25, 0.3) is 5.91 Å². The van der Waals surface area contributed by atoms with E-state index >= 15 is 0 Å². The first-order chi connectivity index (χ1) is 18.4. The van der Waals surface area contributed by atoms with Crippen LogP contribution in [0, 0.1) is 12.8 Å². The van der Waals surface area contributed by atoms with Crippen LogP contribution in [-0.2, 0) is 17.6 Å². The highest BCUT2D eigenvalue weighted by Gasteiger charge is 2.24. The predicted octanol–water partition coefficient (Wildman–Crippen LogP) is 4.11. The number of imidazole rings is 1. The summed E-state index contributed by atoms with van der Waals surface area (Å²) in [6.45, 7) is 2.86. The molecule has 3 atom stereocenters. The SMILES string of the molecule is CSCC[C@H](NC(=O)c1ccc(CC(Cc2c[nH]cn2)CC2CNC=N2)cc1-c1ccccc1C)C(=O)O. The number of H-pyrrole nitrogens is 1. The fourth-order valence-electron chi connectivity index (χ4n) is 4.94. The van der Waals surface area contributed by atoms with Crippen LogP contribution in [0.4, 0.5) is 0 Å². The van der Waals surface area contributed by atoms with Crippen molar-refractivity contribution in [3.63, 3.8) is 0 Å². The van der Waals surface area contributed by atoms with Crippen LogP contribution < -0.4 is 10.6 Å². The Balaban J connectivity index is 1.64. The van der Waals surface area contributed by atoms with Gasteiger partial charge in [-0.15, -0.1) is 0 Å². The number of aryl methyl sites for hydroxylation is 1. The number of carboxylic acid groups (broad SMARTS) is 1. The lowest BCUT2D eigenvalue weighted by Gasteiger charge is -2.21. The molecule has 9 heteroatoms. The summed E-state index contributed by atoms with van der Waals surface area (Å²) in [6, 6.07) is 13.2. The first-order valence-electron chi connectivity index (χ1n) is 12.9. The van der Waals surface area contributed by atoms with E-state index in [-0.39, 0.29) is 11.9 Å². The van der Waals surface area contributed by atoms with Crippen molar-refractivity contribution in [3.8, 4) is 11.1 Å². The van der Waals surface area contributed by atoms with Crippen molar-refractivity contribution in [1.82, 2.24) is 20.6 Å². The van der Waals surface area contributed by atoms with Gasteiger partial charge in [-0.1, -0.05) is 36.4 Å². The lowest BCUT2D eigenvalue weighted by atomic mass is 9.86.